The van der Waals surface area contributed by atoms with Gasteiger partial charge in [-0.05, 0) is 5.56 Å². The third kappa shape index (κ3) is 2.36. The van der Waals surface area contributed by atoms with Gasteiger partial charge in [0.05, 0.1) is 5.56 Å². The first kappa shape index (κ1) is 11.0. The average Bonchev–Trinajstić information content (AvgIpc) is 2.69. The predicted molar refractivity (Wildman–Crippen MR) is 61.6 cm³/mol. The number of nitrogens with two attached hydrogens (primary N) is 1. The average molecular weight is 233 g/mol. The lowest BCUT2D eigenvalue weighted by atomic mass is 10.1. The van der Waals surface area contributed by atoms with Gasteiger partial charge in [-0.15, -0.1) is 5.10 Å². The standard InChI is InChI=1S/C11H11N3O3/c12-10-9(7-4-2-1-3-5-7)11(14-13-10)17-6-8(15)16/h1-5H,6H2,(H,15,16)(H3,12,13,14). The lowest BCUT2D eigenvalue weighted by Crippen LogP contribution is -2.10. The normalized spacial score (nSPS) is 10.1. The maximum Gasteiger partial charge on any atom is 0.341 e. The Kier molecular flexibility index (Phi) is 2.95. The number of ether oxygens (including phenoxy) is 1. The third-order valence-corrected chi connectivity index (χ3v) is 2.16. The number of carboxylic acid groups (broad SMARTS) is 1. The van der Waals surface area contributed by atoms with E-state index < -0.39 is 12.6 Å². The fourth-order valence-electron chi connectivity index (χ4n) is 1.46. The molecule has 0 amide bonds. The van der Waals surface area contributed by atoms with Crippen LogP contribution in [0, 0.1) is 0 Å². The minimum Gasteiger partial charge on any atom is -0.479 e. The summed E-state index contributed by atoms with van der Waals surface area (Å²) in [7, 11) is 0. The predicted octanol–water partition coefficient (Wildman–Crippen LogP) is 1.12. The van der Waals surface area contributed by atoms with E-state index in [9.17, 15) is 4.79 Å². The van der Waals surface area contributed by atoms with Crippen molar-refractivity contribution in [1.82, 2.24) is 10.2 Å². The summed E-state index contributed by atoms with van der Waals surface area (Å²) in [5.41, 5.74) is 7.13. The number of aromatic nitrogens is 2. The second-order valence-corrected chi connectivity index (χ2v) is 3.37. The number of hydrogen-bond donors (Lipinski definition) is 3. The summed E-state index contributed by atoms with van der Waals surface area (Å²) in [4.78, 5) is 10.4. The summed E-state index contributed by atoms with van der Waals surface area (Å²) in [6.45, 7) is -0.454. The Labute approximate surface area is 97.0 Å². The topological polar surface area (TPSA) is 101 Å². The van der Waals surface area contributed by atoms with Gasteiger partial charge in [0.1, 0.15) is 5.82 Å². The van der Waals surface area contributed by atoms with Crippen LogP contribution in [0.15, 0.2) is 30.3 Å². The highest BCUT2D eigenvalue weighted by atomic mass is 16.5. The molecule has 0 aliphatic heterocycles. The van der Waals surface area contributed by atoms with Crippen LogP contribution in [0.5, 0.6) is 5.88 Å². The molecule has 0 spiro atoms. The SMILES string of the molecule is Nc1[nH]nc(OCC(=O)O)c1-c1ccccc1. The largest absolute Gasteiger partial charge is 0.479 e. The molecule has 0 unspecified atom stereocenters. The Morgan fingerprint density at radius 1 is 1.41 bits per heavy atom. The molecule has 0 fully saturated rings. The van der Waals surface area contributed by atoms with E-state index in [0.29, 0.717) is 11.4 Å². The van der Waals surface area contributed by atoms with Crippen LogP contribution in [-0.2, 0) is 4.79 Å². The highest BCUT2D eigenvalue weighted by molar-refractivity contribution is 5.79. The van der Waals surface area contributed by atoms with Crippen LogP contribution in [0.3, 0.4) is 0 Å². The van der Waals surface area contributed by atoms with E-state index in [0.717, 1.165) is 5.56 Å². The van der Waals surface area contributed by atoms with Gasteiger partial charge in [-0.1, -0.05) is 30.3 Å². The fourth-order valence-corrected chi connectivity index (χ4v) is 1.46. The molecule has 0 atom stereocenters. The number of rotatable bonds is 4. The molecule has 0 bridgehead atoms. The quantitative estimate of drug-likeness (QED) is 0.734. The molecule has 4 N–H and O–H groups in total. The van der Waals surface area contributed by atoms with Gasteiger partial charge in [0.15, 0.2) is 6.61 Å². The van der Waals surface area contributed by atoms with Gasteiger partial charge in [0.2, 0.25) is 5.88 Å². The van der Waals surface area contributed by atoms with Gasteiger partial charge in [0.25, 0.3) is 0 Å². The van der Waals surface area contributed by atoms with Crippen molar-refractivity contribution in [1.29, 1.82) is 0 Å². The second kappa shape index (κ2) is 4.56. The van der Waals surface area contributed by atoms with Crippen LogP contribution in [0.4, 0.5) is 5.82 Å². The van der Waals surface area contributed by atoms with Crippen molar-refractivity contribution in [2.45, 2.75) is 0 Å². The first-order chi connectivity index (χ1) is 8.18. The highest BCUT2D eigenvalue weighted by Crippen LogP contribution is 2.32. The van der Waals surface area contributed by atoms with Crippen molar-refractivity contribution >= 4 is 11.8 Å². The summed E-state index contributed by atoms with van der Waals surface area (Å²) < 4.78 is 5.05. The summed E-state index contributed by atoms with van der Waals surface area (Å²) in [6.07, 6.45) is 0. The summed E-state index contributed by atoms with van der Waals surface area (Å²) >= 11 is 0. The van der Waals surface area contributed by atoms with Gasteiger partial charge in [0, 0.05) is 0 Å². The third-order valence-electron chi connectivity index (χ3n) is 2.16. The summed E-state index contributed by atoms with van der Waals surface area (Å²) in [5.74, 6) is -0.529. The van der Waals surface area contributed by atoms with Crippen LogP contribution in [0.25, 0.3) is 11.1 Å². The van der Waals surface area contributed by atoms with Gasteiger partial charge in [-0.25, -0.2) is 4.79 Å². The van der Waals surface area contributed by atoms with Crippen molar-refractivity contribution in [3.63, 3.8) is 0 Å². The zero-order chi connectivity index (χ0) is 12.3. The van der Waals surface area contributed by atoms with Crippen molar-refractivity contribution in [2.75, 3.05) is 12.3 Å². The maximum absolute atomic E-state index is 10.4. The Hall–Kier alpha value is -2.50. The van der Waals surface area contributed by atoms with Crippen LogP contribution >= 0.6 is 0 Å². The van der Waals surface area contributed by atoms with Gasteiger partial charge in [-0.2, -0.15) is 0 Å². The molecule has 2 rings (SSSR count). The number of H-pyrrole nitrogens is 1. The van der Waals surface area contributed by atoms with Crippen LogP contribution < -0.4 is 10.5 Å². The first-order valence-electron chi connectivity index (χ1n) is 4.92. The highest BCUT2D eigenvalue weighted by Gasteiger charge is 2.15. The van der Waals surface area contributed by atoms with E-state index in [2.05, 4.69) is 10.2 Å². The monoisotopic (exact) mass is 233 g/mol. The minimum atomic E-state index is -1.06. The van der Waals surface area contributed by atoms with E-state index in [1.54, 1.807) is 0 Å². The summed E-state index contributed by atoms with van der Waals surface area (Å²) in [5, 5.41) is 14.9. The second-order valence-electron chi connectivity index (χ2n) is 3.37. The van der Waals surface area contributed by atoms with Crippen LogP contribution in [-0.4, -0.2) is 27.9 Å². The molecule has 1 aromatic carbocycles. The Morgan fingerprint density at radius 2 is 2.12 bits per heavy atom. The Balaban J connectivity index is 2.33. The number of anilines is 1. The Bertz CT molecular complexity index is 522. The lowest BCUT2D eigenvalue weighted by molar-refractivity contribution is -0.139. The molecule has 0 radical (unpaired) electrons. The number of nitrogens with zero attached hydrogens (tertiary/aromatic N) is 1. The van der Waals surface area contributed by atoms with Gasteiger partial charge < -0.3 is 15.6 Å². The molecule has 0 aliphatic carbocycles. The maximum atomic E-state index is 10.4. The van der Waals surface area contributed by atoms with Crippen molar-refractivity contribution in [2.24, 2.45) is 0 Å². The molecule has 6 heteroatoms. The van der Waals surface area contributed by atoms with E-state index >= 15 is 0 Å². The van der Waals surface area contributed by atoms with Crippen LogP contribution in [0.1, 0.15) is 0 Å². The number of carboxylic acids is 1. The van der Waals surface area contributed by atoms with Crippen molar-refractivity contribution in [3.8, 4) is 17.0 Å². The van der Waals surface area contributed by atoms with Gasteiger partial charge in [-0.3, -0.25) is 5.10 Å². The molecule has 2 aromatic rings. The smallest absolute Gasteiger partial charge is 0.341 e. The van der Waals surface area contributed by atoms with Gasteiger partial charge >= 0.3 is 5.97 Å². The zero-order valence-electron chi connectivity index (χ0n) is 8.88. The summed E-state index contributed by atoms with van der Waals surface area (Å²) in [6, 6.07) is 9.26. The lowest BCUT2D eigenvalue weighted by Gasteiger charge is -2.03. The molecular weight excluding hydrogens is 222 g/mol. The van der Waals surface area contributed by atoms with E-state index in [1.807, 2.05) is 30.3 Å². The zero-order valence-corrected chi connectivity index (χ0v) is 8.88. The number of hydrogen-bond acceptors (Lipinski definition) is 4. The van der Waals surface area contributed by atoms with Crippen molar-refractivity contribution in [3.05, 3.63) is 30.3 Å². The first-order valence-corrected chi connectivity index (χ1v) is 4.92. The molecule has 6 nitrogen and oxygen atoms in total. The number of benzene rings is 1. The van der Waals surface area contributed by atoms with Crippen molar-refractivity contribution < 1.29 is 14.6 Å². The molecule has 1 aromatic heterocycles. The molecule has 0 aliphatic rings. The number of aromatic amines is 1. The molecule has 88 valence electrons. The number of nitrogens with one attached hydrogen (secondary N) is 1. The molecule has 0 saturated heterocycles. The number of carbonyl (C=O) groups is 1. The number of nitrogen functional groups attached to an aromatic ring is 1. The minimum absolute atomic E-state index is 0.191. The fraction of sp³-hybridized carbons (Fsp3) is 0.0909. The van der Waals surface area contributed by atoms with E-state index in [1.165, 1.54) is 0 Å². The molecular formula is C11H11N3O3. The molecule has 17 heavy (non-hydrogen) atoms. The van der Waals surface area contributed by atoms with E-state index in [4.69, 9.17) is 15.6 Å². The molecule has 1 heterocycles. The molecule has 0 saturated carbocycles. The van der Waals surface area contributed by atoms with Crippen LogP contribution in [0.2, 0.25) is 0 Å². The Morgan fingerprint density at radius 3 is 2.76 bits per heavy atom. The van der Waals surface area contributed by atoms with E-state index in [-0.39, 0.29) is 5.88 Å². The number of aliphatic carboxylic acids is 1.